The Bertz CT molecular complexity index is 322. The number of hydrogen-bond donors (Lipinski definition) is 0. The largest absolute Gasteiger partial charge is 0.616 e. The van der Waals surface area contributed by atoms with Gasteiger partial charge in [0.15, 0.2) is 5.25 Å². The minimum absolute atomic E-state index is 0.0706. The van der Waals surface area contributed by atoms with Gasteiger partial charge in [-0.15, -0.1) is 0 Å². The van der Waals surface area contributed by atoms with Gasteiger partial charge in [-0.1, -0.05) is 58.3 Å². The zero-order valence-corrected chi connectivity index (χ0v) is 16.7. The molecule has 0 radical (unpaired) electrons. The van der Waals surface area contributed by atoms with Gasteiger partial charge in [0.25, 0.3) is 0 Å². The first-order valence-corrected chi connectivity index (χ1v) is 11.6. The fourth-order valence-electron chi connectivity index (χ4n) is 3.59. The van der Waals surface area contributed by atoms with Crippen LogP contribution < -0.4 is 0 Å². The van der Waals surface area contributed by atoms with Gasteiger partial charge in [-0.05, 0) is 49.7 Å². The smallest absolute Gasteiger partial charge is 0.303 e. The molecule has 0 aromatic carbocycles. The average Bonchev–Trinajstić information content (AvgIpc) is 2.56. The molecule has 24 heavy (non-hydrogen) atoms. The monoisotopic (exact) mass is 358 g/mol. The van der Waals surface area contributed by atoms with Gasteiger partial charge in [0, 0.05) is 6.92 Å². The maximum absolute atomic E-state index is 12.5. The number of unbranched alkanes of at least 4 members (excludes halogenated alkanes) is 9. The molecule has 3 unspecified atom stereocenters. The zero-order chi connectivity index (χ0) is 17.6. The Balaban J connectivity index is 2.05. The van der Waals surface area contributed by atoms with Crippen molar-refractivity contribution in [3.63, 3.8) is 0 Å². The summed E-state index contributed by atoms with van der Waals surface area (Å²) >= 11 is -0.843. The van der Waals surface area contributed by atoms with Gasteiger partial charge in [-0.2, -0.15) is 0 Å². The molecule has 142 valence electrons. The Morgan fingerprint density at radius 2 is 1.50 bits per heavy atom. The molecule has 0 saturated heterocycles. The van der Waals surface area contributed by atoms with E-state index < -0.39 is 11.2 Å². The minimum atomic E-state index is -0.843. The minimum Gasteiger partial charge on any atom is -0.616 e. The van der Waals surface area contributed by atoms with Crippen LogP contribution in [0.15, 0.2) is 0 Å². The summed E-state index contributed by atoms with van der Waals surface area (Å²) in [4.78, 5) is 11.2. The van der Waals surface area contributed by atoms with Crippen LogP contribution in [0.4, 0.5) is 0 Å². The lowest BCUT2D eigenvalue weighted by molar-refractivity contribution is -0.147. The van der Waals surface area contributed by atoms with E-state index in [1.165, 1.54) is 64.7 Å². The van der Waals surface area contributed by atoms with Gasteiger partial charge in [0.1, 0.15) is 11.9 Å². The number of esters is 1. The van der Waals surface area contributed by atoms with Crippen molar-refractivity contribution in [1.29, 1.82) is 0 Å². The van der Waals surface area contributed by atoms with Crippen LogP contribution in [-0.4, -0.2) is 27.6 Å². The van der Waals surface area contributed by atoms with Crippen LogP contribution in [0.5, 0.6) is 0 Å². The van der Waals surface area contributed by atoms with Gasteiger partial charge in [0.2, 0.25) is 0 Å². The molecule has 0 spiro atoms. The fourth-order valence-corrected chi connectivity index (χ4v) is 5.35. The molecule has 1 aliphatic carbocycles. The molecule has 1 saturated carbocycles. The first-order chi connectivity index (χ1) is 11.6. The molecule has 0 aliphatic heterocycles. The fraction of sp³-hybridized carbons (Fsp3) is 0.950. The van der Waals surface area contributed by atoms with E-state index in [-0.39, 0.29) is 17.3 Å². The van der Waals surface area contributed by atoms with Crippen LogP contribution in [0.25, 0.3) is 0 Å². The van der Waals surface area contributed by atoms with E-state index in [1.54, 1.807) is 0 Å². The molecule has 0 amide bonds. The van der Waals surface area contributed by atoms with E-state index in [9.17, 15) is 9.35 Å². The highest BCUT2D eigenvalue weighted by atomic mass is 32.2. The summed E-state index contributed by atoms with van der Waals surface area (Å²) in [5.41, 5.74) is 0. The predicted octanol–water partition coefficient (Wildman–Crippen LogP) is 5.53. The van der Waals surface area contributed by atoms with E-state index >= 15 is 0 Å². The number of carbonyl (C=O) groups is 1. The molecule has 3 atom stereocenters. The second-order valence-corrected chi connectivity index (χ2v) is 9.01. The van der Waals surface area contributed by atoms with Crippen molar-refractivity contribution in [1.82, 2.24) is 0 Å². The van der Waals surface area contributed by atoms with Crippen LogP contribution in [0, 0.1) is 0 Å². The van der Waals surface area contributed by atoms with Crippen molar-refractivity contribution in [2.45, 2.75) is 115 Å². The van der Waals surface area contributed by atoms with Crippen LogP contribution in [0.3, 0.4) is 0 Å². The number of hydrogen-bond acceptors (Lipinski definition) is 3. The third-order valence-electron chi connectivity index (χ3n) is 5.00. The van der Waals surface area contributed by atoms with Crippen molar-refractivity contribution in [2.24, 2.45) is 0 Å². The van der Waals surface area contributed by atoms with E-state index in [0.717, 1.165) is 37.9 Å². The first-order valence-electron chi connectivity index (χ1n) is 10.2. The van der Waals surface area contributed by atoms with E-state index in [0.29, 0.717) is 0 Å². The van der Waals surface area contributed by atoms with Crippen LogP contribution in [0.2, 0.25) is 0 Å². The summed E-state index contributed by atoms with van der Waals surface area (Å²) in [6.45, 7) is 3.71. The van der Waals surface area contributed by atoms with Crippen LogP contribution >= 0.6 is 0 Å². The molecule has 3 nitrogen and oxygen atoms in total. The highest BCUT2D eigenvalue weighted by Gasteiger charge is 2.35. The summed E-state index contributed by atoms with van der Waals surface area (Å²) in [6.07, 6.45) is 16.9. The highest BCUT2D eigenvalue weighted by Crippen LogP contribution is 2.28. The molecule has 1 fully saturated rings. The Morgan fingerprint density at radius 3 is 2.08 bits per heavy atom. The van der Waals surface area contributed by atoms with Crippen molar-refractivity contribution >= 4 is 17.1 Å². The highest BCUT2D eigenvalue weighted by molar-refractivity contribution is 7.92. The average molecular weight is 359 g/mol. The Kier molecular flexibility index (Phi) is 12.7. The summed E-state index contributed by atoms with van der Waals surface area (Å²) in [6, 6.07) is 0. The van der Waals surface area contributed by atoms with Crippen molar-refractivity contribution in [3.8, 4) is 0 Å². The van der Waals surface area contributed by atoms with E-state index in [2.05, 4.69) is 6.92 Å². The quantitative estimate of drug-likeness (QED) is 0.247. The molecule has 4 heteroatoms. The van der Waals surface area contributed by atoms with Gasteiger partial charge in [-0.3, -0.25) is 4.79 Å². The van der Waals surface area contributed by atoms with Gasteiger partial charge in [0.05, 0.1) is 0 Å². The van der Waals surface area contributed by atoms with Gasteiger partial charge in [-0.25, -0.2) is 0 Å². The normalized spacial score (nSPS) is 22.3. The number of carbonyl (C=O) groups excluding carboxylic acids is 1. The third kappa shape index (κ3) is 9.93. The summed E-state index contributed by atoms with van der Waals surface area (Å²) < 4.78 is 17.9. The Hall–Kier alpha value is -0.220. The third-order valence-corrected chi connectivity index (χ3v) is 6.90. The van der Waals surface area contributed by atoms with Crippen LogP contribution in [0.1, 0.15) is 104 Å². The predicted molar refractivity (Wildman–Crippen MR) is 103 cm³/mol. The molecular weight excluding hydrogens is 320 g/mol. The lowest BCUT2D eigenvalue weighted by atomic mass is 9.97. The molecule has 1 aliphatic rings. The molecule has 0 heterocycles. The van der Waals surface area contributed by atoms with Crippen molar-refractivity contribution < 1.29 is 14.1 Å². The maximum Gasteiger partial charge on any atom is 0.303 e. The lowest BCUT2D eigenvalue weighted by Crippen LogP contribution is -2.40. The molecule has 0 aromatic rings. The topological polar surface area (TPSA) is 49.4 Å². The molecule has 0 bridgehead atoms. The van der Waals surface area contributed by atoms with Gasteiger partial charge < -0.3 is 9.29 Å². The molecule has 0 N–H and O–H groups in total. The lowest BCUT2D eigenvalue weighted by Gasteiger charge is -2.32. The molecule has 1 rings (SSSR count). The summed E-state index contributed by atoms with van der Waals surface area (Å²) in [5.74, 6) is 0.543. The van der Waals surface area contributed by atoms with Crippen LogP contribution in [-0.2, 0) is 20.7 Å². The summed E-state index contributed by atoms with van der Waals surface area (Å²) in [7, 11) is 0. The second-order valence-electron chi connectivity index (χ2n) is 7.24. The Morgan fingerprint density at radius 1 is 0.958 bits per heavy atom. The SMILES string of the molecule is CCCCCCCCCCCC[S+]([O-])C1CCCCC1OC(C)=O. The summed E-state index contributed by atoms with van der Waals surface area (Å²) in [5, 5.41) is 0.0706. The van der Waals surface area contributed by atoms with Crippen molar-refractivity contribution in [3.05, 3.63) is 0 Å². The number of ether oxygens (including phenoxy) is 1. The first kappa shape index (κ1) is 21.8. The van der Waals surface area contributed by atoms with Crippen molar-refractivity contribution in [2.75, 3.05) is 5.75 Å². The maximum atomic E-state index is 12.5. The molecular formula is C20H38O3S. The Labute approximate surface area is 152 Å². The second kappa shape index (κ2) is 14.0. The van der Waals surface area contributed by atoms with Gasteiger partial charge >= 0.3 is 5.97 Å². The zero-order valence-electron chi connectivity index (χ0n) is 15.9. The van der Waals surface area contributed by atoms with E-state index in [1.807, 2.05) is 0 Å². The van der Waals surface area contributed by atoms with E-state index in [4.69, 9.17) is 4.74 Å². The molecule has 0 aromatic heterocycles. The number of rotatable bonds is 13. The standard InChI is InChI=1S/C20H38O3S/c1-3-4-5-6-7-8-9-10-11-14-17-24(22)20-16-13-12-15-19(20)23-18(2)21/h19-20H,3-17H2,1-2H3.